The molecule has 27 heavy (non-hydrogen) atoms. The van der Waals surface area contributed by atoms with Gasteiger partial charge in [0, 0.05) is 29.9 Å². The van der Waals surface area contributed by atoms with Crippen LogP contribution in [0.3, 0.4) is 0 Å². The Balaban J connectivity index is 1.59. The Labute approximate surface area is 157 Å². The first-order chi connectivity index (χ1) is 13.1. The molecule has 1 aromatic carbocycles. The SMILES string of the molecule is O=C(O)CCNC(=O)c1ccc2c(c1)[C@@H]1C=CC[C@@H]1[C@@H](c1ccccn1)N2. The highest BCUT2D eigenvalue weighted by atomic mass is 16.4. The number of carbonyl (C=O) groups excluding carboxylic acids is 1. The lowest BCUT2D eigenvalue weighted by atomic mass is 9.77. The minimum Gasteiger partial charge on any atom is -0.481 e. The van der Waals surface area contributed by atoms with Gasteiger partial charge in [-0.3, -0.25) is 14.6 Å². The number of nitrogens with one attached hydrogen (secondary N) is 2. The summed E-state index contributed by atoms with van der Waals surface area (Å²) in [5.41, 5.74) is 3.70. The van der Waals surface area contributed by atoms with E-state index in [1.165, 1.54) is 0 Å². The number of aliphatic carboxylic acids is 1. The largest absolute Gasteiger partial charge is 0.481 e. The van der Waals surface area contributed by atoms with Crippen LogP contribution >= 0.6 is 0 Å². The third-order valence-electron chi connectivity index (χ3n) is 5.26. The molecule has 0 saturated heterocycles. The fraction of sp³-hybridized carbons (Fsp3) is 0.286. The maximum Gasteiger partial charge on any atom is 0.305 e. The molecule has 138 valence electrons. The van der Waals surface area contributed by atoms with Crippen LogP contribution < -0.4 is 10.6 Å². The fourth-order valence-electron chi connectivity index (χ4n) is 3.97. The van der Waals surface area contributed by atoms with Gasteiger partial charge >= 0.3 is 5.97 Å². The fourth-order valence-corrected chi connectivity index (χ4v) is 3.97. The molecule has 4 rings (SSSR count). The van der Waals surface area contributed by atoms with Gasteiger partial charge in [-0.15, -0.1) is 0 Å². The second kappa shape index (κ2) is 7.23. The maximum atomic E-state index is 12.3. The molecule has 6 heteroatoms. The van der Waals surface area contributed by atoms with Crippen molar-refractivity contribution in [2.45, 2.75) is 24.8 Å². The number of fused-ring (bicyclic) bond motifs is 3. The van der Waals surface area contributed by atoms with Crippen LogP contribution in [0.15, 0.2) is 54.7 Å². The lowest BCUT2D eigenvalue weighted by Gasteiger charge is -2.37. The highest BCUT2D eigenvalue weighted by Gasteiger charge is 2.38. The van der Waals surface area contributed by atoms with Crippen LogP contribution in [0.5, 0.6) is 0 Å². The number of rotatable bonds is 5. The average Bonchev–Trinajstić information content (AvgIpc) is 3.17. The van der Waals surface area contributed by atoms with E-state index in [4.69, 9.17) is 5.11 Å². The summed E-state index contributed by atoms with van der Waals surface area (Å²) in [6.07, 6.45) is 7.10. The number of nitrogens with zero attached hydrogens (tertiary/aromatic N) is 1. The number of hydrogen-bond donors (Lipinski definition) is 3. The molecule has 0 radical (unpaired) electrons. The first-order valence-electron chi connectivity index (χ1n) is 9.11. The van der Waals surface area contributed by atoms with Crippen molar-refractivity contribution in [1.29, 1.82) is 0 Å². The van der Waals surface area contributed by atoms with Crippen LogP contribution in [0, 0.1) is 5.92 Å². The number of carboxylic acids is 1. The maximum absolute atomic E-state index is 12.3. The van der Waals surface area contributed by atoms with Crippen molar-refractivity contribution < 1.29 is 14.7 Å². The van der Waals surface area contributed by atoms with Gasteiger partial charge < -0.3 is 15.7 Å². The van der Waals surface area contributed by atoms with Crippen LogP contribution in [-0.2, 0) is 4.79 Å². The van der Waals surface area contributed by atoms with Gasteiger partial charge in [0.15, 0.2) is 0 Å². The van der Waals surface area contributed by atoms with E-state index in [0.717, 1.165) is 23.4 Å². The van der Waals surface area contributed by atoms with Crippen LogP contribution in [0.4, 0.5) is 5.69 Å². The summed E-state index contributed by atoms with van der Waals surface area (Å²) in [7, 11) is 0. The van der Waals surface area contributed by atoms with Crippen molar-refractivity contribution in [3.05, 3.63) is 71.6 Å². The number of anilines is 1. The van der Waals surface area contributed by atoms with E-state index in [2.05, 4.69) is 27.8 Å². The van der Waals surface area contributed by atoms with E-state index in [-0.39, 0.29) is 30.8 Å². The predicted octanol–water partition coefficient (Wildman–Crippen LogP) is 3.11. The Bertz CT molecular complexity index is 895. The highest BCUT2D eigenvalue weighted by Crippen LogP contribution is 2.49. The molecule has 2 aliphatic rings. The molecule has 0 bridgehead atoms. The normalized spacial score (nSPS) is 22.4. The molecule has 1 aliphatic heterocycles. The highest BCUT2D eigenvalue weighted by molar-refractivity contribution is 5.95. The van der Waals surface area contributed by atoms with Gasteiger partial charge in [-0.25, -0.2) is 0 Å². The zero-order valence-corrected chi connectivity index (χ0v) is 14.8. The Morgan fingerprint density at radius 3 is 2.93 bits per heavy atom. The van der Waals surface area contributed by atoms with Crippen LogP contribution in [0.2, 0.25) is 0 Å². The quantitative estimate of drug-likeness (QED) is 0.710. The number of allylic oxidation sites excluding steroid dienone is 2. The van der Waals surface area contributed by atoms with E-state index in [1.54, 1.807) is 6.07 Å². The third kappa shape index (κ3) is 3.43. The molecule has 2 heterocycles. The Morgan fingerprint density at radius 1 is 1.26 bits per heavy atom. The summed E-state index contributed by atoms with van der Waals surface area (Å²) in [6.45, 7) is 0.122. The Morgan fingerprint density at radius 2 is 2.15 bits per heavy atom. The first kappa shape index (κ1) is 17.3. The van der Waals surface area contributed by atoms with Crippen molar-refractivity contribution in [3.8, 4) is 0 Å². The summed E-state index contributed by atoms with van der Waals surface area (Å²) in [5, 5.41) is 15.0. The van der Waals surface area contributed by atoms with Crippen molar-refractivity contribution in [3.63, 3.8) is 0 Å². The van der Waals surface area contributed by atoms with Gasteiger partial charge in [0.05, 0.1) is 18.2 Å². The summed E-state index contributed by atoms with van der Waals surface area (Å²) in [4.78, 5) is 27.5. The monoisotopic (exact) mass is 363 g/mol. The molecule has 0 spiro atoms. The number of hydrogen-bond acceptors (Lipinski definition) is 4. The van der Waals surface area contributed by atoms with Gasteiger partial charge in [0.25, 0.3) is 5.91 Å². The molecule has 1 aliphatic carbocycles. The smallest absolute Gasteiger partial charge is 0.305 e. The van der Waals surface area contributed by atoms with E-state index in [0.29, 0.717) is 11.5 Å². The Kier molecular flexibility index (Phi) is 4.62. The first-order valence-corrected chi connectivity index (χ1v) is 9.11. The predicted molar refractivity (Wildman–Crippen MR) is 102 cm³/mol. The van der Waals surface area contributed by atoms with Gasteiger partial charge in [0.2, 0.25) is 0 Å². The number of carboxylic acid groups (broad SMARTS) is 1. The minimum atomic E-state index is -0.926. The summed E-state index contributed by atoms with van der Waals surface area (Å²) in [5.74, 6) is -0.577. The molecular weight excluding hydrogens is 342 g/mol. The van der Waals surface area contributed by atoms with E-state index < -0.39 is 5.97 Å². The Hall–Kier alpha value is -3.15. The summed E-state index contributed by atoms with van der Waals surface area (Å²) >= 11 is 0. The molecule has 6 nitrogen and oxygen atoms in total. The molecule has 2 aromatic rings. The van der Waals surface area contributed by atoms with Crippen molar-refractivity contribution in [1.82, 2.24) is 10.3 Å². The standard InChI is InChI=1S/C21H21N3O3/c25-19(26)9-11-23-21(27)13-7-8-17-16(12-13)14-4-3-5-15(14)20(24-17)18-6-1-2-10-22-18/h1-4,6-8,10,12,14-15,20,24H,5,9,11H2,(H,23,27)(H,25,26)/t14-,15+,20+/m1/s1. The lowest BCUT2D eigenvalue weighted by Crippen LogP contribution is -2.30. The minimum absolute atomic E-state index is 0.0859. The molecule has 0 unspecified atom stereocenters. The summed E-state index contributed by atoms with van der Waals surface area (Å²) < 4.78 is 0. The number of benzene rings is 1. The van der Waals surface area contributed by atoms with Crippen molar-refractivity contribution in [2.24, 2.45) is 5.92 Å². The molecule has 0 fully saturated rings. The zero-order chi connectivity index (χ0) is 18.8. The molecule has 3 atom stereocenters. The number of carbonyl (C=O) groups is 2. The number of aromatic nitrogens is 1. The van der Waals surface area contributed by atoms with Crippen molar-refractivity contribution >= 4 is 17.6 Å². The molecule has 1 amide bonds. The molecule has 0 saturated carbocycles. The molecule has 1 aromatic heterocycles. The number of pyridine rings is 1. The van der Waals surface area contributed by atoms with Crippen LogP contribution in [-0.4, -0.2) is 28.5 Å². The van der Waals surface area contributed by atoms with Gasteiger partial charge in [0.1, 0.15) is 0 Å². The van der Waals surface area contributed by atoms with Crippen molar-refractivity contribution in [2.75, 3.05) is 11.9 Å². The van der Waals surface area contributed by atoms with E-state index in [1.807, 2.05) is 36.5 Å². The topological polar surface area (TPSA) is 91.3 Å². The van der Waals surface area contributed by atoms with E-state index in [9.17, 15) is 9.59 Å². The van der Waals surface area contributed by atoms with Gasteiger partial charge in [-0.05, 0) is 48.2 Å². The molecule has 3 N–H and O–H groups in total. The lowest BCUT2D eigenvalue weighted by molar-refractivity contribution is -0.136. The molecular formula is C21H21N3O3. The number of amides is 1. The second-order valence-electron chi connectivity index (χ2n) is 6.93. The third-order valence-corrected chi connectivity index (χ3v) is 5.26. The van der Waals surface area contributed by atoms with Gasteiger partial charge in [-0.2, -0.15) is 0 Å². The van der Waals surface area contributed by atoms with E-state index >= 15 is 0 Å². The average molecular weight is 363 g/mol. The van der Waals surface area contributed by atoms with Gasteiger partial charge in [-0.1, -0.05) is 18.2 Å². The second-order valence-corrected chi connectivity index (χ2v) is 6.93. The summed E-state index contributed by atoms with van der Waals surface area (Å²) in [6, 6.07) is 11.7. The van der Waals surface area contributed by atoms with Crippen LogP contribution in [0.25, 0.3) is 0 Å². The van der Waals surface area contributed by atoms with Crippen LogP contribution in [0.1, 0.15) is 46.4 Å². The zero-order valence-electron chi connectivity index (χ0n) is 14.8.